The Kier molecular flexibility index (Phi) is 9.03. The maximum atomic E-state index is 11.3. The van der Waals surface area contributed by atoms with Crippen LogP contribution in [0.3, 0.4) is 0 Å². The van der Waals surface area contributed by atoms with Crippen molar-refractivity contribution in [2.45, 2.75) is 31.8 Å². The highest BCUT2D eigenvalue weighted by Gasteiger charge is 2.06. The summed E-state index contributed by atoms with van der Waals surface area (Å²) in [5.74, 6) is 0.710. The van der Waals surface area contributed by atoms with Gasteiger partial charge in [0.1, 0.15) is 0 Å². The molecule has 0 saturated carbocycles. The van der Waals surface area contributed by atoms with Crippen molar-refractivity contribution in [2.75, 3.05) is 6.54 Å². The van der Waals surface area contributed by atoms with Crippen LogP contribution in [0.25, 0.3) is 0 Å². The number of aliphatic imine (C=N–C) groups is 1. The van der Waals surface area contributed by atoms with Crippen LogP contribution in [-0.4, -0.2) is 20.9 Å². The number of hydrogen-bond donors (Lipinski definition) is 3. The van der Waals surface area contributed by atoms with Crippen LogP contribution >= 0.6 is 24.0 Å². The lowest BCUT2D eigenvalue weighted by atomic mass is 10.1. The SMILES string of the molecule is CCNC(=NCc1ccc(S(N)(=O)=O)cc1)NCc1ccccc1C.I. The number of halogens is 1. The second kappa shape index (κ2) is 10.5. The Balaban J connectivity index is 0.00000338. The molecule has 0 aliphatic heterocycles. The number of nitrogens with zero attached hydrogens (tertiary/aromatic N) is 1. The van der Waals surface area contributed by atoms with Crippen LogP contribution in [-0.2, 0) is 23.1 Å². The van der Waals surface area contributed by atoms with E-state index < -0.39 is 10.0 Å². The van der Waals surface area contributed by atoms with Gasteiger partial charge in [-0.25, -0.2) is 18.5 Å². The molecule has 8 heteroatoms. The van der Waals surface area contributed by atoms with Gasteiger partial charge in [-0.15, -0.1) is 24.0 Å². The maximum absolute atomic E-state index is 11.3. The van der Waals surface area contributed by atoms with Gasteiger partial charge >= 0.3 is 0 Å². The topological polar surface area (TPSA) is 96.6 Å². The Bertz CT molecular complexity index is 837. The predicted octanol–water partition coefficient (Wildman–Crippen LogP) is 2.52. The Labute approximate surface area is 172 Å². The van der Waals surface area contributed by atoms with Gasteiger partial charge in [0.05, 0.1) is 11.4 Å². The van der Waals surface area contributed by atoms with Crippen LogP contribution in [0.2, 0.25) is 0 Å². The molecule has 2 aromatic carbocycles. The summed E-state index contributed by atoms with van der Waals surface area (Å²) < 4.78 is 22.5. The summed E-state index contributed by atoms with van der Waals surface area (Å²) in [6, 6.07) is 14.6. The average molecular weight is 488 g/mol. The maximum Gasteiger partial charge on any atom is 0.238 e. The number of sulfonamides is 1. The minimum absolute atomic E-state index is 0. The largest absolute Gasteiger partial charge is 0.357 e. The van der Waals surface area contributed by atoms with Gasteiger partial charge in [-0.05, 0) is 42.7 Å². The predicted molar refractivity (Wildman–Crippen MR) is 116 cm³/mol. The van der Waals surface area contributed by atoms with E-state index in [-0.39, 0.29) is 28.9 Å². The van der Waals surface area contributed by atoms with Crippen molar-refractivity contribution in [3.63, 3.8) is 0 Å². The molecule has 0 amide bonds. The Morgan fingerprint density at radius 1 is 1.08 bits per heavy atom. The zero-order valence-electron chi connectivity index (χ0n) is 14.9. The Morgan fingerprint density at radius 2 is 1.73 bits per heavy atom. The molecule has 2 aromatic rings. The fourth-order valence-corrected chi connectivity index (χ4v) is 2.80. The first kappa shape index (κ1) is 22.4. The van der Waals surface area contributed by atoms with E-state index >= 15 is 0 Å². The quantitative estimate of drug-likeness (QED) is 0.331. The van der Waals surface area contributed by atoms with Gasteiger partial charge in [-0.1, -0.05) is 36.4 Å². The average Bonchev–Trinajstić information content (AvgIpc) is 2.58. The van der Waals surface area contributed by atoms with Gasteiger partial charge in [-0.2, -0.15) is 0 Å². The number of benzene rings is 2. The molecule has 2 rings (SSSR count). The van der Waals surface area contributed by atoms with Crippen molar-refractivity contribution < 1.29 is 8.42 Å². The van der Waals surface area contributed by atoms with Crippen molar-refractivity contribution in [1.82, 2.24) is 10.6 Å². The van der Waals surface area contributed by atoms with E-state index in [0.29, 0.717) is 19.0 Å². The summed E-state index contributed by atoms with van der Waals surface area (Å²) in [4.78, 5) is 4.64. The monoisotopic (exact) mass is 488 g/mol. The van der Waals surface area contributed by atoms with E-state index in [0.717, 1.165) is 12.1 Å². The normalized spacial score (nSPS) is 11.6. The molecule has 0 spiro atoms. The van der Waals surface area contributed by atoms with Gasteiger partial charge in [0.25, 0.3) is 0 Å². The molecule has 0 atom stereocenters. The van der Waals surface area contributed by atoms with Crippen LogP contribution in [0.15, 0.2) is 58.4 Å². The van der Waals surface area contributed by atoms with E-state index in [1.807, 2.05) is 19.1 Å². The Hall–Kier alpha value is -1.65. The molecule has 0 aliphatic rings. The lowest BCUT2D eigenvalue weighted by molar-refractivity contribution is 0.598. The highest BCUT2D eigenvalue weighted by atomic mass is 127. The van der Waals surface area contributed by atoms with Crippen LogP contribution in [0.5, 0.6) is 0 Å². The lowest BCUT2D eigenvalue weighted by Gasteiger charge is -2.12. The summed E-state index contributed by atoms with van der Waals surface area (Å²) in [5, 5.41) is 11.6. The summed E-state index contributed by atoms with van der Waals surface area (Å²) >= 11 is 0. The first-order valence-corrected chi connectivity index (χ1v) is 9.63. The molecule has 0 aliphatic carbocycles. The summed E-state index contributed by atoms with van der Waals surface area (Å²) in [7, 11) is -3.66. The zero-order valence-corrected chi connectivity index (χ0v) is 18.0. The number of nitrogens with two attached hydrogens (primary N) is 1. The van der Waals surface area contributed by atoms with E-state index in [1.165, 1.54) is 23.3 Å². The second-order valence-corrected chi connectivity index (χ2v) is 7.23. The number of nitrogens with one attached hydrogen (secondary N) is 2. The van der Waals surface area contributed by atoms with E-state index in [9.17, 15) is 8.42 Å². The van der Waals surface area contributed by atoms with Crippen LogP contribution in [0.4, 0.5) is 0 Å². The van der Waals surface area contributed by atoms with Gasteiger partial charge in [0.15, 0.2) is 5.96 Å². The molecular formula is C18H25IN4O2S. The van der Waals surface area contributed by atoms with Gasteiger partial charge in [0.2, 0.25) is 10.0 Å². The van der Waals surface area contributed by atoms with Crippen molar-refractivity contribution in [2.24, 2.45) is 10.1 Å². The van der Waals surface area contributed by atoms with Crippen LogP contribution in [0.1, 0.15) is 23.6 Å². The zero-order chi connectivity index (χ0) is 18.3. The molecule has 0 heterocycles. The molecule has 0 saturated heterocycles. The van der Waals surface area contributed by atoms with E-state index in [1.54, 1.807) is 12.1 Å². The summed E-state index contributed by atoms with van der Waals surface area (Å²) in [6.07, 6.45) is 0. The van der Waals surface area contributed by atoms with Gasteiger partial charge in [0, 0.05) is 13.1 Å². The fraction of sp³-hybridized carbons (Fsp3) is 0.278. The summed E-state index contributed by atoms with van der Waals surface area (Å²) in [6.45, 7) is 5.96. The third-order valence-corrected chi connectivity index (χ3v) is 4.65. The van der Waals surface area contributed by atoms with Gasteiger partial charge in [-0.3, -0.25) is 0 Å². The number of rotatable bonds is 6. The van der Waals surface area contributed by atoms with Crippen molar-refractivity contribution in [3.8, 4) is 0 Å². The third-order valence-electron chi connectivity index (χ3n) is 3.72. The fourth-order valence-electron chi connectivity index (χ4n) is 2.28. The first-order valence-electron chi connectivity index (χ1n) is 8.08. The molecule has 4 N–H and O–H groups in total. The minimum Gasteiger partial charge on any atom is -0.357 e. The van der Waals surface area contributed by atoms with Crippen molar-refractivity contribution in [1.29, 1.82) is 0 Å². The number of aryl methyl sites for hydroxylation is 1. The number of guanidine groups is 1. The van der Waals surface area contributed by atoms with Crippen LogP contribution < -0.4 is 15.8 Å². The summed E-state index contributed by atoms with van der Waals surface area (Å²) in [5.41, 5.74) is 3.34. The molecule has 26 heavy (non-hydrogen) atoms. The minimum atomic E-state index is -3.66. The van der Waals surface area contributed by atoms with Crippen LogP contribution in [0, 0.1) is 6.92 Å². The highest BCUT2D eigenvalue weighted by molar-refractivity contribution is 14.0. The standard InChI is InChI=1S/C18H24N4O2S.HI/c1-3-20-18(22-13-16-7-5-4-6-14(16)2)21-12-15-8-10-17(11-9-15)25(19,23)24;/h4-11H,3,12-13H2,1-2H3,(H2,19,23,24)(H2,20,21,22);1H. The van der Waals surface area contributed by atoms with E-state index in [2.05, 4.69) is 34.7 Å². The highest BCUT2D eigenvalue weighted by Crippen LogP contribution is 2.10. The smallest absolute Gasteiger partial charge is 0.238 e. The Morgan fingerprint density at radius 3 is 2.31 bits per heavy atom. The molecule has 0 bridgehead atoms. The molecule has 0 aromatic heterocycles. The second-order valence-electron chi connectivity index (χ2n) is 5.66. The first-order chi connectivity index (χ1) is 11.9. The molecular weight excluding hydrogens is 463 g/mol. The lowest BCUT2D eigenvalue weighted by Crippen LogP contribution is -2.36. The van der Waals surface area contributed by atoms with Crippen molar-refractivity contribution in [3.05, 3.63) is 65.2 Å². The third kappa shape index (κ3) is 6.93. The number of primary sulfonamides is 1. The molecule has 0 radical (unpaired) electrons. The number of hydrogen-bond acceptors (Lipinski definition) is 3. The molecule has 0 unspecified atom stereocenters. The molecule has 0 fully saturated rings. The van der Waals surface area contributed by atoms with Crippen molar-refractivity contribution >= 4 is 40.0 Å². The molecule has 6 nitrogen and oxygen atoms in total. The molecule has 142 valence electrons. The van der Waals surface area contributed by atoms with E-state index in [4.69, 9.17) is 5.14 Å². The van der Waals surface area contributed by atoms with Gasteiger partial charge < -0.3 is 10.6 Å².